The lowest BCUT2D eigenvalue weighted by Gasteiger charge is -2.28. The number of hydrogen-bond acceptors (Lipinski definition) is 2. The van der Waals surface area contributed by atoms with E-state index in [9.17, 15) is 0 Å². The van der Waals surface area contributed by atoms with Crippen molar-refractivity contribution in [3.63, 3.8) is 0 Å². The summed E-state index contributed by atoms with van der Waals surface area (Å²) in [5.74, 6) is 0.937. The summed E-state index contributed by atoms with van der Waals surface area (Å²) in [7, 11) is 1.69. The molecule has 0 saturated heterocycles. The van der Waals surface area contributed by atoms with Gasteiger partial charge in [0.1, 0.15) is 5.76 Å². The van der Waals surface area contributed by atoms with Gasteiger partial charge in [-0.1, -0.05) is 12.5 Å². The van der Waals surface area contributed by atoms with Crippen molar-refractivity contribution >= 4 is 0 Å². The van der Waals surface area contributed by atoms with Crippen LogP contribution in [0, 0.1) is 5.41 Å². The van der Waals surface area contributed by atoms with Gasteiger partial charge in [0, 0.05) is 12.0 Å². The van der Waals surface area contributed by atoms with Crippen molar-refractivity contribution in [3.05, 3.63) is 23.5 Å². The average molecular weight is 167 g/mol. The summed E-state index contributed by atoms with van der Waals surface area (Å²) in [6.45, 7) is 4.94. The molecule has 68 valence electrons. The van der Waals surface area contributed by atoms with E-state index in [0.29, 0.717) is 6.54 Å². The molecule has 0 aliphatic heterocycles. The van der Waals surface area contributed by atoms with Gasteiger partial charge in [-0.2, -0.15) is 0 Å². The van der Waals surface area contributed by atoms with Gasteiger partial charge >= 0.3 is 0 Å². The zero-order valence-electron chi connectivity index (χ0n) is 8.05. The number of hydrogen-bond donors (Lipinski definition) is 1. The van der Waals surface area contributed by atoms with Crippen LogP contribution in [0.1, 0.15) is 20.3 Å². The fourth-order valence-electron chi connectivity index (χ4n) is 1.62. The predicted molar refractivity (Wildman–Crippen MR) is 50.6 cm³/mol. The van der Waals surface area contributed by atoms with Crippen LogP contribution in [0.25, 0.3) is 0 Å². The molecule has 0 heterocycles. The highest BCUT2D eigenvalue weighted by atomic mass is 16.5. The van der Waals surface area contributed by atoms with Gasteiger partial charge in [0.2, 0.25) is 0 Å². The first kappa shape index (κ1) is 9.33. The van der Waals surface area contributed by atoms with Gasteiger partial charge in [0.05, 0.1) is 7.11 Å². The van der Waals surface area contributed by atoms with Crippen molar-refractivity contribution < 1.29 is 4.74 Å². The summed E-state index contributed by atoms with van der Waals surface area (Å²) in [4.78, 5) is 0. The second-order valence-corrected chi connectivity index (χ2v) is 3.78. The molecule has 0 aromatic carbocycles. The molecule has 2 N–H and O–H groups in total. The lowest BCUT2D eigenvalue weighted by molar-refractivity contribution is 0.286. The van der Waals surface area contributed by atoms with E-state index in [0.717, 1.165) is 12.2 Å². The average Bonchev–Trinajstić information content (AvgIpc) is 2.03. The summed E-state index contributed by atoms with van der Waals surface area (Å²) < 4.78 is 5.19. The second kappa shape index (κ2) is 3.31. The van der Waals surface area contributed by atoms with Crippen molar-refractivity contribution in [2.24, 2.45) is 11.1 Å². The van der Waals surface area contributed by atoms with Crippen molar-refractivity contribution in [1.29, 1.82) is 0 Å². The first-order chi connectivity index (χ1) is 5.59. The Balaban J connectivity index is 2.87. The summed E-state index contributed by atoms with van der Waals surface area (Å²) >= 11 is 0. The Bertz CT molecular complexity index is 230. The van der Waals surface area contributed by atoms with Gasteiger partial charge in [-0.05, 0) is 25.5 Å². The van der Waals surface area contributed by atoms with Crippen molar-refractivity contribution in [1.82, 2.24) is 0 Å². The van der Waals surface area contributed by atoms with Crippen LogP contribution >= 0.6 is 0 Å². The van der Waals surface area contributed by atoms with Crippen LogP contribution in [0.15, 0.2) is 23.5 Å². The summed E-state index contributed by atoms with van der Waals surface area (Å²) in [5.41, 5.74) is 7.11. The monoisotopic (exact) mass is 167 g/mol. The molecule has 2 nitrogen and oxygen atoms in total. The Hall–Kier alpha value is -0.760. The highest BCUT2D eigenvalue weighted by Gasteiger charge is 2.24. The normalized spacial score (nSPS) is 29.3. The molecule has 1 aliphatic carbocycles. The maximum atomic E-state index is 5.69. The quantitative estimate of drug-likeness (QED) is 0.681. The Kier molecular flexibility index (Phi) is 2.58. The SMILES string of the molecule is COC1=CC(C)(CN)CC(C)=C1. The zero-order valence-corrected chi connectivity index (χ0v) is 8.05. The zero-order chi connectivity index (χ0) is 9.19. The maximum absolute atomic E-state index is 5.69. The molecule has 2 heteroatoms. The highest BCUT2D eigenvalue weighted by molar-refractivity contribution is 5.27. The standard InChI is InChI=1S/C10H17NO/c1-8-4-9(12-3)6-10(2,5-8)7-11/h4,6H,5,7,11H2,1-3H3. The predicted octanol–water partition coefficient (Wildman–Crippen LogP) is 1.83. The fraction of sp³-hybridized carbons (Fsp3) is 0.600. The van der Waals surface area contributed by atoms with Crippen LogP contribution in [0.5, 0.6) is 0 Å². The van der Waals surface area contributed by atoms with E-state index in [4.69, 9.17) is 10.5 Å². The molecular formula is C10H17NO. The minimum Gasteiger partial charge on any atom is -0.497 e. The minimum absolute atomic E-state index is 0.0875. The van der Waals surface area contributed by atoms with Crippen molar-refractivity contribution in [2.75, 3.05) is 13.7 Å². The molecule has 1 atom stereocenters. The van der Waals surface area contributed by atoms with Gasteiger partial charge in [-0.25, -0.2) is 0 Å². The number of rotatable bonds is 2. The lowest BCUT2D eigenvalue weighted by atomic mass is 9.80. The van der Waals surface area contributed by atoms with E-state index < -0.39 is 0 Å². The van der Waals surface area contributed by atoms with Gasteiger partial charge < -0.3 is 10.5 Å². The molecule has 0 aromatic rings. The Morgan fingerprint density at radius 1 is 1.67 bits per heavy atom. The molecule has 0 amide bonds. The second-order valence-electron chi connectivity index (χ2n) is 3.78. The largest absolute Gasteiger partial charge is 0.497 e. The first-order valence-corrected chi connectivity index (χ1v) is 4.24. The third-order valence-corrected chi connectivity index (χ3v) is 2.26. The molecule has 0 saturated carbocycles. The maximum Gasteiger partial charge on any atom is 0.115 e. The number of methoxy groups -OCH3 is 1. The van der Waals surface area contributed by atoms with E-state index in [1.54, 1.807) is 7.11 Å². The smallest absolute Gasteiger partial charge is 0.115 e. The van der Waals surface area contributed by atoms with E-state index in [1.165, 1.54) is 5.57 Å². The van der Waals surface area contributed by atoms with Crippen molar-refractivity contribution in [3.8, 4) is 0 Å². The van der Waals surface area contributed by atoms with Gasteiger partial charge in [0.25, 0.3) is 0 Å². The molecule has 0 fully saturated rings. The minimum atomic E-state index is 0.0875. The molecule has 12 heavy (non-hydrogen) atoms. The topological polar surface area (TPSA) is 35.2 Å². The Morgan fingerprint density at radius 2 is 2.33 bits per heavy atom. The van der Waals surface area contributed by atoms with Gasteiger partial charge in [-0.15, -0.1) is 0 Å². The third kappa shape index (κ3) is 1.89. The number of ether oxygens (including phenoxy) is 1. The van der Waals surface area contributed by atoms with E-state index in [1.807, 2.05) is 0 Å². The van der Waals surface area contributed by atoms with Gasteiger partial charge in [0.15, 0.2) is 0 Å². The first-order valence-electron chi connectivity index (χ1n) is 4.24. The summed E-state index contributed by atoms with van der Waals surface area (Å²) in [6, 6.07) is 0. The fourth-order valence-corrected chi connectivity index (χ4v) is 1.62. The molecule has 0 radical (unpaired) electrons. The van der Waals surface area contributed by atoms with Crippen LogP contribution in [-0.4, -0.2) is 13.7 Å². The third-order valence-electron chi connectivity index (χ3n) is 2.26. The Morgan fingerprint density at radius 3 is 2.83 bits per heavy atom. The van der Waals surface area contributed by atoms with Crippen LogP contribution in [-0.2, 0) is 4.74 Å². The number of nitrogens with two attached hydrogens (primary N) is 1. The highest BCUT2D eigenvalue weighted by Crippen LogP contribution is 2.32. The van der Waals surface area contributed by atoms with E-state index in [-0.39, 0.29) is 5.41 Å². The van der Waals surface area contributed by atoms with Gasteiger partial charge in [-0.3, -0.25) is 0 Å². The molecule has 0 spiro atoms. The number of allylic oxidation sites excluding steroid dienone is 2. The molecule has 1 rings (SSSR count). The van der Waals surface area contributed by atoms with Crippen LogP contribution in [0.3, 0.4) is 0 Å². The van der Waals surface area contributed by atoms with Crippen LogP contribution < -0.4 is 5.73 Å². The summed E-state index contributed by atoms with van der Waals surface area (Å²) in [6.07, 6.45) is 5.22. The molecule has 1 unspecified atom stereocenters. The molecular weight excluding hydrogens is 150 g/mol. The van der Waals surface area contributed by atoms with E-state index in [2.05, 4.69) is 26.0 Å². The molecule has 0 aromatic heterocycles. The molecule has 1 aliphatic rings. The van der Waals surface area contributed by atoms with Crippen molar-refractivity contribution in [2.45, 2.75) is 20.3 Å². The lowest BCUT2D eigenvalue weighted by Crippen LogP contribution is -2.27. The van der Waals surface area contributed by atoms with E-state index >= 15 is 0 Å². The van der Waals surface area contributed by atoms with Crippen LogP contribution in [0.4, 0.5) is 0 Å². The van der Waals surface area contributed by atoms with Crippen LogP contribution in [0.2, 0.25) is 0 Å². The Labute approximate surface area is 74.1 Å². The summed E-state index contributed by atoms with van der Waals surface area (Å²) in [5, 5.41) is 0. The molecule has 0 bridgehead atoms.